The number of hydrogen-bond acceptors (Lipinski definition) is 3. The molecular weight excluding hydrogens is 434 g/mol. The molecule has 2 aromatic carbocycles. The van der Waals surface area contributed by atoms with Crippen molar-refractivity contribution in [3.8, 4) is 0 Å². The first kappa shape index (κ1) is 23.5. The molecule has 0 heterocycles. The zero-order chi connectivity index (χ0) is 22.3. The number of benzene rings is 2. The molecular formula is C24H28ClNO4S. The number of aryl methyl sites for hydroxylation is 1. The molecule has 2 N–H and O–H groups in total. The Kier molecular flexibility index (Phi) is 7.92. The molecule has 31 heavy (non-hydrogen) atoms. The highest BCUT2D eigenvalue weighted by Gasteiger charge is 2.37. The topological polar surface area (TPSA) is 83.5 Å². The summed E-state index contributed by atoms with van der Waals surface area (Å²) in [5, 5.41) is 9.26. The van der Waals surface area contributed by atoms with E-state index in [1.807, 2.05) is 18.2 Å². The fraction of sp³-hybridized carbons (Fsp3) is 0.375. The Balaban J connectivity index is 1.67. The monoisotopic (exact) mass is 461 g/mol. The van der Waals surface area contributed by atoms with Gasteiger partial charge in [-0.2, -0.15) is 0 Å². The quantitative estimate of drug-likeness (QED) is 0.360. The normalized spacial score (nSPS) is 18.4. The van der Waals surface area contributed by atoms with Gasteiger partial charge in [0.15, 0.2) is 0 Å². The van der Waals surface area contributed by atoms with Crippen LogP contribution in [0.3, 0.4) is 0 Å². The van der Waals surface area contributed by atoms with E-state index in [0.29, 0.717) is 24.4 Å². The van der Waals surface area contributed by atoms with Crippen LogP contribution in [-0.4, -0.2) is 26.0 Å². The number of carboxylic acids is 1. The molecule has 0 amide bonds. The van der Waals surface area contributed by atoms with E-state index in [4.69, 9.17) is 16.7 Å². The van der Waals surface area contributed by atoms with Crippen molar-refractivity contribution >= 4 is 27.6 Å². The minimum absolute atomic E-state index is 0.123. The van der Waals surface area contributed by atoms with E-state index >= 15 is 0 Å². The van der Waals surface area contributed by atoms with Crippen molar-refractivity contribution in [2.24, 2.45) is 0 Å². The lowest BCUT2D eigenvalue weighted by molar-refractivity contribution is -0.137. The summed E-state index contributed by atoms with van der Waals surface area (Å²) in [4.78, 5) is 10.9. The van der Waals surface area contributed by atoms with Gasteiger partial charge in [0.2, 0.25) is 10.0 Å². The van der Waals surface area contributed by atoms with Crippen LogP contribution in [0.15, 0.2) is 65.6 Å². The van der Waals surface area contributed by atoms with Crippen LogP contribution in [0.4, 0.5) is 0 Å². The molecule has 166 valence electrons. The van der Waals surface area contributed by atoms with Crippen LogP contribution in [0.1, 0.15) is 49.7 Å². The van der Waals surface area contributed by atoms with Crippen molar-refractivity contribution in [2.45, 2.75) is 55.3 Å². The first-order valence-corrected chi connectivity index (χ1v) is 12.4. The summed E-state index contributed by atoms with van der Waals surface area (Å²) in [6.45, 7) is 0.339. The van der Waals surface area contributed by atoms with Crippen molar-refractivity contribution in [3.63, 3.8) is 0 Å². The van der Waals surface area contributed by atoms with E-state index in [1.165, 1.54) is 23.3 Å². The van der Waals surface area contributed by atoms with Gasteiger partial charge in [-0.05, 0) is 73.9 Å². The average molecular weight is 462 g/mol. The Labute approximate surface area is 189 Å². The standard InChI is InChI=1S/C24H28ClNO4S/c25-20-10-12-21(13-11-20)31(29,30)26-18-17-24(15-6-2-1-3-9-23(27)28)16-14-19-7-4-5-8-22(19)24/h2,4-8,10-13,26H,1,3,9,14-18H2,(H,27,28). The number of allylic oxidation sites excluding steroid dienone is 2. The molecule has 5 nitrogen and oxygen atoms in total. The van der Waals surface area contributed by atoms with Gasteiger partial charge in [-0.1, -0.05) is 48.0 Å². The summed E-state index contributed by atoms with van der Waals surface area (Å²) >= 11 is 5.86. The van der Waals surface area contributed by atoms with Gasteiger partial charge in [-0.15, -0.1) is 0 Å². The smallest absolute Gasteiger partial charge is 0.303 e. The molecule has 0 radical (unpaired) electrons. The van der Waals surface area contributed by atoms with Crippen LogP contribution < -0.4 is 4.72 Å². The van der Waals surface area contributed by atoms with E-state index in [-0.39, 0.29) is 16.7 Å². The summed E-state index contributed by atoms with van der Waals surface area (Å²) < 4.78 is 28.0. The molecule has 0 spiro atoms. The molecule has 0 aliphatic heterocycles. The maximum Gasteiger partial charge on any atom is 0.303 e. The van der Waals surface area contributed by atoms with Gasteiger partial charge >= 0.3 is 5.97 Å². The fourth-order valence-electron chi connectivity index (χ4n) is 4.26. The number of hydrogen-bond donors (Lipinski definition) is 2. The molecule has 1 aliphatic rings. The number of carbonyl (C=O) groups is 1. The summed E-state index contributed by atoms with van der Waals surface area (Å²) in [6.07, 6.45) is 9.13. The molecule has 0 aromatic heterocycles. The molecule has 2 aromatic rings. The lowest BCUT2D eigenvalue weighted by Gasteiger charge is -2.30. The van der Waals surface area contributed by atoms with E-state index in [0.717, 1.165) is 25.7 Å². The number of unbranched alkanes of at least 4 members (excludes halogenated alkanes) is 1. The van der Waals surface area contributed by atoms with Gasteiger partial charge in [0, 0.05) is 23.4 Å². The first-order valence-electron chi connectivity index (χ1n) is 10.5. The van der Waals surface area contributed by atoms with Crippen LogP contribution in [0.25, 0.3) is 0 Å². The van der Waals surface area contributed by atoms with Gasteiger partial charge in [0.05, 0.1) is 4.90 Å². The molecule has 1 unspecified atom stereocenters. The maximum absolute atomic E-state index is 12.6. The number of carboxylic acid groups (broad SMARTS) is 1. The lowest BCUT2D eigenvalue weighted by atomic mass is 9.76. The zero-order valence-electron chi connectivity index (χ0n) is 17.4. The highest BCUT2D eigenvalue weighted by Crippen LogP contribution is 2.44. The van der Waals surface area contributed by atoms with Crippen molar-refractivity contribution in [3.05, 3.63) is 76.8 Å². The molecule has 3 rings (SSSR count). The molecule has 0 saturated heterocycles. The average Bonchev–Trinajstić information content (AvgIpc) is 3.10. The van der Waals surface area contributed by atoms with Crippen LogP contribution in [0.2, 0.25) is 5.02 Å². The van der Waals surface area contributed by atoms with Gasteiger partial charge < -0.3 is 5.11 Å². The fourth-order valence-corrected chi connectivity index (χ4v) is 5.42. The van der Waals surface area contributed by atoms with Crippen molar-refractivity contribution in [1.29, 1.82) is 0 Å². The molecule has 0 bridgehead atoms. The maximum atomic E-state index is 12.6. The van der Waals surface area contributed by atoms with Crippen LogP contribution in [-0.2, 0) is 26.7 Å². The highest BCUT2D eigenvalue weighted by molar-refractivity contribution is 7.89. The van der Waals surface area contributed by atoms with E-state index < -0.39 is 16.0 Å². The third-order valence-corrected chi connectivity index (χ3v) is 7.65. The number of aliphatic carboxylic acids is 1. The highest BCUT2D eigenvalue weighted by atomic mass is 35.5. The molecule has 7 heteroatoms. The second-order valence-electron chi connectivity index (χ2n) is 8.00. The minimum atomic E-state index is -3.60. The van der Waals surface area contributed by atoms with Crippen LogP contribution in [0, 0.1) is 0 Å². The molecule has 1 atom stereocenters. The van der Waals surface area contributed by atoms with Gasteiger partial charge in [0.25, 0.3) is 0 Å². The second-order valence-corrected chi connectivity index (χ2v) is 10.2. The Morgan fingerprint density at radius 2 is 1.87 bits per heavy atom. The first-order chi connectivity index (χ1) is 14.8. The van der Waals surface area contributed by atoms with Crippen LogP contribution >= 0.6 is 11.6 Å². The molecule has 1 aliphatic carbocycles. The molecule has 0 fully saturated rings. The number of rotatable bonds is 11. The lowest BCUT2D eigenvalue weighted by Crippen LogP contribution is -2.32. The Morgan fingerprint density at radius 3 is 2.61 bits per heavy atom. The Morgan fingerprint density at radius 1 is 1.13 bits per heavy atom. The van der Waals surface area contributed by atoms with Crippen molar-refractivity contribution in [1.82, 2.24) is 4.72 Å². The minimum Gasteiger partial charge on any atom is -0.481 e. The third kappa shape index (κ3) is 6.19. The summed E-state index contributed by atoms with van der Waals surface area (Å²) in [5.41, 5.74) is 2.49. The summed E-state index contributed by atoms with van der Waals surface area (Å²) in [7, 11) is -3.60. The SMILES string of the molecule is O=C(O)CCCC=CCC1(CCNS(=O)(=O)c2ccc(Cl)cc2)CCc2ccccc21. The zero-order valence-corrected chi connectivity index (χ0v) is 19.0. The van der Waals surface area contributed by atoms with Crippen LogP contribution in [0.5, 0.6) is 0 Å². The largest absolute Gasteiger partial charge is 0.481 e. The van der Waals surface area contributed by atoms with Gasteiger partial charge in [-0.3, -0.25) is 4.79 Å². The third-order valence-electron chi connectivity index (χ3n) is 5.92. The Hall–Kier alpha value is -2.15. The number of nitrogens with one attached hydrogen (secondary N) is 1. The Bertz CT molecular complexity index is 1030. The van der Waals surface area contributed by atoms with Gasteiger partial charge in [0.1, 0.15) is 0 Å². The predicted molar refractivity (Wildman–Crippen MR) is 123 cm³/mol. The van der Waals surface area contributed by atoms with Crippen molar-refractivity contribution < 1.29 is 18.3 Å². The molecule has 0 saturated carbocycles. The second kappa shape index (κ2) is 10.4. The van der Waals surface area contributed by atoms with E-state index in [1.54, 1.807) is 12.1 Å². The summed E-state index contributed by atoms with van der Waals surface area (Å²) in [6, 6.07) is 14.5. The summed E-state index contributed by atoms with van der Waals surface area (Å²) in [5.74, 6) is -0.775. The predicted octanol–water partition coefficient (Wildman–Crippen LogP) is 5.09. The van der Waals surface area contributed by atoms with Gasteiger partial charge in [-0.25, -0.2) is 13.1 Å². The number of sulfonamides is 1. The van der Waals surface area contributed by atoms with E-state index in [9.17, 15) is 13.2 Å². The van der Waals surface area contributed by atoms with E-state index in [2.05, 4.69) is 22.9 Å². The number of fused-ring (bicyclic) bond motifs is 1. The number of halogens is 1. The van der Waals surface area contributed by atoms with Crippen molar-refractivity contribution in [2.75, 3.05) is 6.54 Å².